The van der Waals surface area contributed by atoms with Crippen LogP contribution >= 0.6 is 23.2 Å². The Kier molecular flexibility index (Phi) is 6.36. The molecular weight excluding hydrogens is 479 g/mol. The molecule has 2 aliphatic heterocycles. The molecule has 2 aliphatic rings. The fourth-order valence-corrected chi connectivity index (χ4v) is 4.75. The first-order valence-corrected chi connectivity index (χ1v) is 11.7. The minimum atomic E-state index is -0.830. The fourth-order valence-electron chi connectivity index (χ4n) is 4.45. The second kappa shape index (κ2) is 9.43. The normalized spacial score (nSPS) is 19.4. The Morgan fingerprint density at radius 1 is 1.03 bits per heavy atom. The van der Waals surface area contributed by atoms with Gasteiger partial charge in [-0.25, -0.2) is 0 Å². The lowest BCUT2D eigenvalue weighted by molar-refractivity contribution is -0.129. The van der Waals surface area contributed by atoms with E-state index in [1.165, 1.54) is 4.90 Å². The topological polar surface area (TPSA) is 83.2 Å². The van der Waals surface area contributed by atoms with E-state index in [0.717, 1.165) is 18.5 Å². The number of fused-ring (bicyclic) bond motifs is 1. The van der Waals surface area contributed by atoms with Crippen LogP contribution in [-0.4, -0.2) is 66.0 Å². The molecular formula is C25H22Cl2N2O5. The number of ether oxygens (including phenoxy) is 1. The molecule has 0 radical (unpaired) electrons. The zero-order valence-electron chi connectivity index (χ0n) is 18.2. The number of amides is 1. The van der Waals surface area contributed by atoms with Crippen LogP contribution in [-0.2, 0) is 9.53 Å². The van der Waals surface area contributed by atoms with Gasteiger partial charge in [-0.1, -0.05) is 47.5 Å². The van der Waals surface area contributed by atoms with E-state index in [4.69, 9.17) is 32.4 Å². The van der Waals surface area contributed by atoms with Gasteiger partial charge >= 0.3 is 0 Å². The Labute approximate surface area is 206 Å². The number of morpholine rings is 1. The Morgan fingerprint density at radius 3 is 2.53 bits per heavy atom. The SMILES string of the molecule is O=C(C1=C(O)C(=O)N(CCN2CCOCC2)C1c1ccc(Cl)c(Cl)c1)c1cc2ccccc2o1. The van der Waals surface area contributed by atoms with Gasteiger partial charge < -0.3 is 19.2 Å². The average molecular weight is 501 g/mol. The number of carbonyl (C=O) groups is 2. The number of aliphatic hydroxyl groups is 1. The van der Waals surface area contributed by atoms with Crippen molar-refractivity contribution >= 4 is 45.9 Å². The third-order valence-corrected chi connectivity index (χ3v) is 6.96. The van der Waals surface area contributed by atoms with Gasteiger partial charge in [-0.3, -0.25) is 14.5 Å². The Hall–Kier alpha value is -2.84. The summed E-state index contributed by atoms with van der Waals surface area (Å²) in [5, 5.41) is 12.3. The van der Waals surface area contributed by atoms with Gasteiger partial charge in [0.25, 0.3) is 5.91 Å². The monoisotopic (exact) mass is 500 g/mol. The van der Waals surface area contributed by atoms with Crippen LogP contribution < -0.4 is 0 Å². The molecule has 5 rings (SSSR count). The third-order valence-electron chi connectivity index (χ3n) is 6.22. The van der Waals surface area contributed by atoms with Crippen LogP contribution in [0.5, 0.6) is 0 Å². The number of Topliss-reactive ketones (excluding diaryl/α,β-unsaturated/α-hetero) is 1. The molecule has 0 aliphatic carbocycles. The van der Waals surface area contributed by atoms with E-state index in [1.54, 1.807) is 30.3 Å². The maximum Gasteiger partial charge on any atom is 0.290 e. The summed E-state index contributed by atoms with van der Waals surface area (Å²) >= 11 is 12.4. The van der Waals surface area contributed by atoms with Gasteiger partial charge in [0.05, 0.1) is 34.9 Å². The molecule has 7 nitrogen and oxygen atoms in total. The highest BCUT2D eigenvalue weighted by Gasteiger charge is 2.44. The predicted octanol–water partition coefficient (Wildman–Crippen LogP) is 4.65. The van der Waals surface area contributed by atoms with E-state index in [-0.39, 0.29) is 11.3 Å². The number of hydrogen-bond acceptors (Lipinski definition) is 6. The van der Waals surface area contributed by atoms with Gasteiger partial charge in [0, 0.05) is 31.6 Å². The van der Waals surface area contributed by atoms with Gasteiger partial charge in [-0.15, -0.1) is 0 Å². The highest BCUT2D eigenvalue weighted by Crippen LogP contribution is 2.41. The van der Waals surface area contributed by atoms with Crippen LogP contribution in [0.2, 0.25) is 10.0 Å². The molecule has 0 bridgehead atoms. The number of hydrogen-bond donors (Lipinski definition) is 1. The van der Waals surface area contributed by atoms with Gasteiger partial charge in [0.15, 0.2) is 11.5 Å². The molecule has 0 saturated carbocycles. The summed E-state index contributed by atoms with van der Waals surface area (Å²) in [6.45, 7) is 3.65. The summed E-state index contributed by atoms with van der Waals surface area (Å²) in [5.41, 5.74) is 1.09. The standard InChI is InChI=1S/C25H22Cl2N2O5/c26-17-6-5-16(13-18(17)27)22-21(23(30)20-14-15-3-1-2-4-19(15)34-20)24(31)25(32)29(22)8-7-28-9-11-33-12-10-28/h1-6,13-14,22,31H,7-12H2. The van der Waals surface area contributed by atoms with Crippen molar-refractivity contribution in [3.05, 3.63) is 81.2 Å². The van der Waals surface area contributed by atoms with Crippen LogP contribution in [0.25, 0.3) is 11.0 Å². The van der Waals surface area contributed by atoms with Gasteiger partial charge in [-0.2, -0.15) is 0 Å². The zero-order valence-corrected chi connectivity index (χ0v) is 19.7. The Bertz CT molecular complexity index is 1260. The van der Waals surface area contributed by atoms with E-state index < -0.39 is 23.5 Å². The predicted molar refractivity (Wildman–Crippen MR) is 128 cm³/mol. The molecule has 1 amide bonds. The maximum absolute atomic E-state index is 13.6. The summed E-state index contributed by atoms with van der Waals surface area (Å²) in [6, 6.07) is 13.0. The largest absolute Gasteiger partial charge is 0.503 e. The number of rotatable bonds is 6. The lowest BCUT2D eigenvalue weighted by Gasteiger charge is -2.31. The maximum atomic E-state index is 13.6. The highest BCUT2D eigenvalue weighted by atomic mass is 35.5. The first-order valence-electron chi connectivity index (χ1n) is 11.0. The summed E-state index contributed by atoms with van der Waals surface area (Å²) in [7, 11) is 0. The number of benzene rings is 2. The lowest BCUT2D eigenvalue weighted by Crippen LogP contribution is -2.43. The van der Waals surface area contributed by atoms with Crippen molar-refractivity contribution in [1.82, 2.24) is 9.80 Å². The number of para-hydroxylation sites is 1. The minimum Gasteiger partial charge on any atom is -0.503 e. The first kappa shape index (κ1) is 22.9. The zero-order chi connectivity index (χ0) is 23.8. The fraction of sp³-hybridized carbons (Fsp3) is 0.280. The van der Waals surface area contributed by atoms with Crippen molar-refractivity contribution < 1.29 is 23.8 Å². The molecule has 1 atom stereocenters. The molecule has 1 unspecified atom stereocenters. The average Bonchev–Trinajstić information content (AvgIpc) is 3.39. The van der Waals surface area contributed by atoms with Crippen LogP contribution in [0.1, 0.15) is 22.2 Å². The minimum absolute atomic E-state index is 0.0376. The molecule has 1 fully saturated rings. The van der Waals surface area contributed by atoms with Crippen molar-refractivity contribution in [2.45, 2.75) is 6.04 Å². The Balaban J connectivity index is 1.52. The van der Waals surface area contributed by atoms with Crippen molar-refractivity contribution in [2.75, 3.05) is 39.4 Å². The van der Waals surface area contributed by atoms with Crippen LogP contribution in [0, 0.1) is 0 Å². The van der Waals surface area contributed by atoms with E-state index in [9.17, 15) is 14.7 Å². The summed E-state index contributed by atoms with van der Waals surface area (Å²) in [4.78, 5) is 30.4. The second-order valence-electron chi connectivity index (χ2n) is 8.27. The summed E-state index contributed by atoms with van der Waals surface area (Å²) < 4.78 is 11.1. The van der Waals surface area contributed by atoms with Crippen LogP contribution in [0.15, 0.2) is 64.3 Å². The van der Waals surface area contributed by atoms with Crippen molar-refractivity contribution in [1.29, 1.82) is 0 Å². The molecule has 1 N–H and O–H groups in total. The number of carbonyl (C=O) groups excluding carboxylic acids is 2. The van der Waals surface area contributed by atoms with Crippen molar-refractivity contribution in [3.8, 4) is 0 Å². The molecule has 34 heavy (non-hydrogen) atoms. The molecule has 3 aromatic rings. The number of halogens is 2. The second-order valence-corrected chi connectivity index (χ2v) is 9.08. The smallest absolute Gasteiger partial charge is 0.290 e. The van der Waals surface area contributed by atoms with Crippen LogP contribution in [0.3, 0.4) is 0 Å². The number of furan rings is 1. The summed E-state index contributed by atoms with van der Waals surface area (Å²) in [5.74, 6) is -1.69. The number of ketones is 1. The Morgan fingerprint density at radius 2 is 1.79 bits per heavy atom. The number of nitrogens with zero attached hydrogens (tertiary/aromatic N) is 2. The highest BCUT2D eigenvalue weighted by molar-refractivity contribution is 6.42. The van der Waals surface area contributed by atoms with E-state index in [0.29, 0.717) is 47.5 Å². The summed E-state index contributed by atoms with van der Waals surface area (Å²) in [6.07, 6.45) is 0. The molecule has 3 heterocycles. The van der Waals surface area contributed by atoms with Crippen LogP contribution in [0.4, 0.5) is 0 Å². The van der Waals surface area contributed by atoms with E-state index >= 15 is 0 Å². The molecule has 0 spiro atoms. The third kappa shape index (κ3) is 4.20. The molecule has 2 aromatic carbocycles. The van der Waals surface area contributed by atoms with Crippen molar-refractivity contribution in [2.24, 2.45) is 0 Å². The van der Waals surface area contributed by atoms with Crippen molar-refractivity contribution in [3.63, 3.8) is 0 Å². The van der Waals surface area contributed by atoms with E-state index in [1.807, 2.05) is 18.2 Å². The quantitative estimate of drug-likeness (QED) is 0.496. The first-order chi connectivity index (χ1) is 16.4. The lowest BCUT2D eigenvalue weighted by atomic mass is 9.95. The van der Waals surface area contributed by atoms with Gasteiger partial charge in [0.1, 0.15) is 5.58 Å². The number of aliphatic hydroxyl groups excluding tert-OH is 1. The van der Waals surface area contributed by atoms with E-state index in [2.05, 4.69) is 4.90 Å². The van der Waals surface area contributed by atoms with Gasteiger partial charge in [0.2, 0.25) is 5.78 Å². The molecule has 176 valence electrons. The molecule has 1 aromatic heterocycles. The molecule has 1 saturated heterocycles. The van der Waals surface area contributed by atoms with Gasteiger partial charge in [-0.05, 0) is 29.8 Å². The molecule has 9 heteroatoms.